The maximum atomic E-state index is 15.6. The van der Waals surface area contributed by atoms with Gasteiger partial charge in [0.2, 0.25) is 70.9 Å². The molecule has 0 aliphatic carbocycles. The fourth-order valence-corrected chi connectivity index (χ4v) is 10.4. The van der Waals surface area contributed by atoms with Crippen LogP contribution in [0.3, 0.4) is 0 Å². The van der Waals surface area contributed by atoms with Crippen molar-refractivity contribution in [1.29, 1.82) is 5.41 Å². The molecule has 13 amide bonds. The van der Waals surface area contributed by atoms with Gasteiger partial charge in [-0.25, -0.2) is 4.79 Å². The lowest BCUT2D eigenvalue weighted by Gasteiger charge is -2.34. The minimum atomic E-state index is -2.12. The average Bonchev–Trinajstić information content (AvgIpc) is 0.814. The predicted molar refractivity (Wildman–Crippen MR) is 362 cm³/mol. The molecule has 1 heterocycles. The fourth-order valence-electron chi connectivity index (χ4n) is 10.4. The van der Waals surface area contributed by atoms with Crippen molar-refractivity contribution in [3.63, 3.8) is 0 Å². The van der Waals surface area contributed by atoms with Gasteiger partial charge >= 0.3 is 6.09 Å². The molecule has 550 valence electrons. The van der Waals surface area contributed by atoms with Gasteiger partial charge in [0.25, 0.3) is 0 Å². The zero-order chi connectivity index (χ0) is 74.4. The number of hydrogen-bond donors (Lipinski definition) is 19. The van der Waals surface area contributed by atoms with Crippen LogP contribution in [0.15, 0.2) is 60.7 Å². The zero-order valence-corrected chi connectivity index (χ0v) is 58.2. The molecule has 99 heavy (non-hydrogen) atoms. The normalized spacial score (nSPS) is 23.1. The summed E-state index contributed by atoms with van der Waals surface area (Å²) in [5.41, 5.74) is 11.7. The number of aliphatic hydroxyl groups is 3. The molecular formula is C66H104N16O17. The molecule has 2 aromatic rings. The Morgan fingerprint density at radius 1 is 0.596 bits per heavy atom. The Kier molecular flexibility index (Phi) is 35.3. The molecule has 2 aromatic carbocycles. The van der Waals surface area contributed by atoms with E-state index in [4.69, 9.17) is 21.6 Å². The molecule has 33 heteroatoms. The van der Waals surface area contributed by atoms with E-state index < -0.39 is 199 Å². The largest absolute Gasteiger partial charge is 0.445 e. The summed E-state index contributed by atoms with van der Waals surface area (Å²) < 4.78 is 5.42. The van der Waals surface area contributed by atoms with Crippen molar-refractivity contribution in [1.82, 2.24) is 69.1 Å². The van der Waals surface area contributed by atoms with Crippen molar-refractivity contribution < 1.29 is 82.4 Å². The fraction of sp³-hybridized carbons (Fsp3) is 0.606. The number of alkyl carbamates (subject to hydrolysis) is 1. The third-order valence-electron chi connectivity index (χ3n) is 16.0. The second kappa shape index (κ2) is 41.7. The summed E-state index contributed by atoms with van der Waals surface area (Å²) in [6.07, 6.45) is -5.46. The van der Waals surface area contributed by atoms with Crippen LogP contribution >= 0.6 is 0 Å². The lowest BCUT2D eigenvalue weighted by molar-refractivity contribution is -0.139. The van der Waals surface area contributed by atoms with Crippen LogP contribution < -0.4 is 80.6 Å². The van der Waals surface area contributed by atoms with Crippen LogP contribution in [0, 0.1) is 35.0 Å². The molecule has 0 aromatic heterocycles. The summed E-state index contributed by atoms with van der Waals surface area (Å²) in [4.78, 5) is 186. The first-order chi connectivity index (χ1) is 46.6. The van der Waals surface area contributed by atoms with Crippen LogP contribution in [0.25, 0.3) is 0 Å². The van der Waals surface area contributed by atoms with Crippen molar-refractivity contribution in [2.24, 2.45) is 41.1 Å². The first kappa shape index (κ1) is 83.7. The number of carbonyl (C=O) groups is 13. The Bertz CT molecular complexity index is 3070. The molecule has 0 saturated carbocycles. The van der Waals surface area contributed by atoms with Crippen molar-refractivity contribution in [2.75, 3.05) is 19.7 Å². The Hall–Kier alpha value is -9.50. The molecule has 1 saturated heterocycles. The lowest BCUT2D eigenvalue weighted by Crippen LogP contribution is -2.65. The Labute approximate surface area is 576 Å². The van der Waals surface area contributed by atoms with Gasteiger partial charge < -0.3 is 101 Å². The quantitative estimate of drug-likeness (QED) is 0.0260. The molecule has 0 bridgehead atoms. The van der Waals surface area contributed by atoms with E-state index in [2.05, 4.69) is 69.1 Å². The third-order valence-corrected chi connectivity index (χ3v) is 16.0. The topological polar surface area (TPSA) is 524 Å². The number of ether oxygens (including phenoxy) is 1. The summed E-state index contributed by atoms with van der Waals surface area (Å²) in [5.74, 6) is -16.3. The summed E-state index contributed by atoms with van der Waals surface area (Å²) in [6.45, 7) is 15.5. The number of amides is 13. The first-order valence-electron chi connectivity index (χ1n) is 33.2. The van der Waals surface area contributed by atoms with E-state index in [0.29, 0.717) is 5.56 Å². The number of nitrogens with two attached hydrogens (primary N) is 2. The van der Waals surface area contributed by atoms with E-state index in [1.54, 1.807) is 91.8 Å². The summed E-state index contributed by atoms with van der Waals surface area (Å²) >= 11 is 0. The number of hydrogen-bond acceptors (Lipinski definition) is 18. The number of rotatable bonds is 26. The van der Waals surface area contributed by atoms with Gasteiger partial charge in [-0.15, -0.1) is 0 Å². The highest BCUT2D eigenvalue weighted by atomic mass is 16.5. The van der Waals surface area contributed by atoms with Crippen molar-refractivity contribution in [2.45, 2.75) is 206 Å². The van der Waals surface area contributed by atoms with E-state index in [1.165, 1.54) is 38.1 Å². The molecule has 14 atom stereocenters. The van der Waals surface area contributed by atoms with Crippen LogP contribution in [0.4, 0.5) is 4.79 Å². The molecule has 21 N–H and O–H groups in total. The summed E-state index contributed by atoms with van der Waals surface area (Å²) in [6, 6.07) is -3.04. The highest BCUT2D eigenvalue weighted by Crippen LogP contribution is 2.22. The zero-order valence-electron chi connectivity index (χ0n) is 58.2. The maximum Gasteiger partial charge on any atom is 0.408 e. The number of primary amides is 1. The van der Waals surface area contributed by atoms with E-state index in [1.807, 2.05) is 0 Å². The highest BCUT2D eigenvalue weighted by molar-refractivity contribution is 6.00. The number of guanidine groups is 1. The molecule has 1 fully saturated rings. The van der Waals surface area contributed by atoms with E-state index in [0.717, 1.165) is 6.92 Å². The van der Waals surface area contributed by atoms with Gasteiger partial charge in [-0.2, -0.15) is 0 Å². The van der Waals surface area contributed by atoms with Gasteiger partial charge in [0, 0.05) is 6.54 Å². The summed E-state index contributed by atoms with van der Waals surface area (Å²) in [5, 5.41) is 73.8. The number of benzene rings is 2. The molecule has 0 unspecified atom stereocenters. The third kappa shape index (κ3) is 28.9. The molecule has 0 radical (unpaired) electrons. The monoisotopic (exact) mass is 1390 g/mol. The van der Waals surface area contributed by atoms with Crippen molar-refractivity contribution in [3.05, 3.63) is 71.8 Å². The van der Waals surface area contributed by atoms with Crippen molar-refractivity contribution in [3.8, 4) is 0 Å². The Morgan fingerprint density at radius 3 is 1.67 bits per heavy atom. The van der Waals surface area contributed by atoms with Crippen LogP contribution in [0.1, 0.15) is 138 Å². The van der Waals surface area contributed by atoms with Crippen LogP contribution in [-0.4, -0.2) is 191 Å². The van der Waals surface area contributed by atoms with Gasteiger partial charge in [0.15, 0.2) is 5.96 Å². The van der Waals surface area contributed by atoms with Crippen LogP contribution in [0.5, 0.6) is 0 Å². The highest BCUT2D eigenvalue weighted by Gasteiger charge is 2.42. The standard InChI is InChI=1S/C66H104N16O17/c1-12-37(10)49-62(95)79-50(38(11)84)61(94)71-30-48(86)72-45(29-47(67)85)58(91)76-46(31-83)60(93)80-51(40-22-17-14-18-23-40)52(81-59(92)43(27-34(4)5)74-57(90)44(28-35(6)7)77-66(98)99-32-39-20-15-13-16-21-39)63(96)82-53(54(87)36(8)9)64(97)75-42(26-33(2)3)56(89)73-41(55(88)78-49)24-19-25-70-65(68)69/h13-18,20-23,33-38,41-46,49-54,83-84,87H,12,19,24-32H2,1-11H3,(H2,67,85)(H,71,94)(H,72,86)(H,73,89)(H,74,90)(H,75,97)(H,76,91)(H,77,98)(H,78,88)(H,79,95)(H,80,93)(H,81,92)(H,82,96)(H4,68,69,70)/t37-,38+,41+,42-,43+,44+,45-,46-,49-,50-,51+,52-,53-,54+/m0/s1. The minimum Gasteiger partial charge on any atom is -0.445 e. The molecule has 1 aliphatic heterocycles. The van der Waals surface area contributed by atoms with E-state index in [-0.39, 0.29) is 69.1 Å². The van der Waals surface area contributed by atoms with Gasteiger partial charge in [-0.05, 0) is 79.7 Å². The minimum absolute atomic E-state index is 0.0164. The van der Waals surface area contributed by atoms with E-state index in [9.17, 15) is 63.3 Å². The van der Waals surface area contributed by atoms with Gasteiger partial charge in [0.1, 0.15) is 67.0 Å². The SMILES string of the molecule is CC[C@H](C)[C@@H]1NC(=O)[C@@H](CCCNC(=N)N)NC(=O)[C@H](CC(C)C)NC(=O)[C@H]([C@H](O)C(C)C)NC(=O)[C@@H](NC(=O)[C@@H](CC(C)C)NC(=O)[C@@H](CC(C)C)NC(=O)OCc2ccccc2)[C@@H](c2ccccc2)NC(=O)[C@H](CO)NC(=O)[C@H](CC(N)=O)NC(=O)CNC(=O)[C@H]([C@@H](C)O)NC1=O. The number of aliphatic hydroxyl groups excluding tert-OH is 3. The van der Waals surface area contributed by atoms with Crippen LogP contribution in [0.2, 0.25) is 0 Å². The Balaban J connectivity index is 2.39. The Morgan fingerprint density at radius 2 is 1.12 bits per heavy atom. The second-order valence-corrected chi connectivity index (χ2v) is 26.3. The second-order valence-electron chi connectivity index (χ2n) is 26.3. The molecule has 33 nitrogen and oxygen atoms in total. The number of nitrogens with one attached hydrogen (secondary N) is 14. The first-order valence-corrected chi connectivity index (χ1v) is 33.2. The smallest absolute Gasteiger partial charge is 0.408 e. The number of carbonyl (C=O) groups excluding carboxylic acids is 13. The van der Waals surface area contributed by atoms with Gasteiger partial charge in [0.05, 0.1) is 37.8 Å². The lowest BCUT2D eigenvalue weighted by atomic mass is 9.94. The van der Waals surface area contributed by atoms with Gasteiger partial charge in [-0.1, -0.05) is 136 Å². The van der Waals surface area contributed by atoms with Gasteiger partial charge in [-0.3, -0.25) is 62.9 Å². The average molecular weight is 1390 g/mol. The maximum absolute atomic E-state index is 15.6. The molecule has 0 spiro atoms. The molecule has 3 rings (SSSR count). The van der Waals surface area contributed by atoms with Crippen LogP contribution in [-0.2, 0) is 68.9 Å². The van der Waals surface area contributed by atoms with Crippen molar-refractivity contribution >= 4 is 82.9 Å². The van der Waals surface area contributed by atoms with E-state index >= 15 is 14.4 Å². The predicted octanol–water partition coefficient (Wildman–Crippen LogP) is -2.66. The summed E-state index contributed by atoms with van der Waals surface area (Å²) in [7, 11) is 0. The molecular weight excluding hydrogens is 1290 g/mol. The molecule has 1 aliphatic rings.